The van der Waals surface area contributed by atoms with Gasteiger partial charge in [0.15, 0.2) is 5.82 Å². The molecule has 6 nitrogen and oxygen atoms in total. The van der Waals surface area contributed by atoms with Crippen molar-refractivity contribution >= 4 is 17.6 Å². The summed E-state index contributed by atoms with van der Waals surface area (Å²) < 4.78 is 2.07. The number of nitrogens with one attached hydrogen (secondary N) is 1. The summed E-state index contributed by atoms with van der Waals surface area (Å²) in [4.78, 5) is 32.0. The minimum Gasteiger partial charge on any atom is -0.353 e. The van der Waals surface area contributed by atoms with Crippen LogP contribution in [0.15, 0.2) is 36.7 Å². The van der Waals surface area contributed by atoms with Gasteiger partial charge in [-0.3, -0.25) is 14.5 Å². The van der Waals surface area contributed by atoms with E-state index in [2.05, 4.69) is 28.7 Å². The van der Waals surface area contributed by atoms with Crippen LogP contribution in [0.2, 0.25) is 0 Å². The Hall–Kier alpha value is -2.63. The molecule has 26 heavy (non-hydrogen) atoms. The van der Waals surface area contributed by atoms with Gasteiger partial charge in [-0.25, -0.2) is 4.98 Å². The second kappa shape index (κ2) is 6.59. The van der Waals surface area contributed by atoms with Gasteiger partial charge in [0.25, 0.3) is 0 Å². The first kappa shape index (κ1) is 16.8. The van der Waals surface area contributed by atoms with E-state index < -0.39 is 5.92 Å². The maximum atomic E-state index is 13.1. The molecular formula is C20H24N4O2. The van der Waals surface area contributed by atoms with Crippen LogP contribution in [-0.2, 0) is 22.6 Å². The summed E-state index contributed by atoms with van der Waals surface area (Å²) in [6, 6.07) is 10.3. The standard InChI is InChI=1S/C20H24N4O2/c1-13(2)24-12-21-18-17(24)10-16(19(25)22-15-8-9-15)20(26)23(18)11-14-6-4-3-5-7-14/h3-7,12-13,15-16H,8-11H2,1-2H3,(H,22,25). The molecule has 0 saturated heterocycles. The molecule has 0 spiro atoms. The Kier molecular flexibility index (Phi) is 4.26. The minimum absolute atomic E-state index is 0.155. The SMILES string of the molecule is CC(C)n1cnc2c1CC(C(=O)NC1CC1)C(=O)N2Cc1ccccc1. The first-order valence-corrected chi connectivity index (χ1v) is 9.26. The lowest BCUT2D eigenvalue weighted by Gasteiger charge is -2.32. The largest absolute Gasteiger partial charge is 0.353 e. The molecule has 0 radical (unpaired) electrons. The number of amides is 2. The van der Waals surface area contributed by atoms with Crippen molar-refractivity contribution in [1.82, 2.24) is 14.9 Å². The molecule has 4 rings (SSSR count). The van der Waals surface area contributed by atoms with Crippen LogP contribution in [-0.4, -0.2) is 27.4 Å². The molecule has 1 aromatic carbocycles. The van der Waals surface area contributed by atoms with Crippen LogP contribution in [0.3, 0.4) is 0 Å². The fourth-order valence-corrected chi connectivity index (χ4v) is 3.47. The second-order valence-electron chi connectivity index (χ2n) is 7.47. The predicted molar refractivity (Wildman–Crippen MR) is 98.6 cm³/mol. The van der Waals surface area contributed by atoms with E-state index in [-0.39, 0.29) is 23.9 Å². The number of fused-ring (bicyclic) bond motifs is 1. The average Bonchev–Trinajstić information content (AvgIpc) is 3.33. The van der Waals surface area contributed by atoms with Crippen molar-refractivity contribution in [3.8, 4) is 0 Å². The quantitative estimate of drug-likeness (QED) is 0.841. The Morgan fingerprint density at radius 3 is 2.65 bits per heavy atom. The maximum Gasteiger partial charge on any atom is 0.241 e. The van der Waals surface area contributed by atoms with Crippen molar-refractivity contribution in [2.45, 2.75) is 51.7 Å². The fourth-order valence-electron chi connectivity index (χ4n) is 3.47. The number of hydrogen-bond donors (Lipinski definition) is 1. The van der Waals surface area contributed by atoms with E-state index in [1.54, 1.807) is 11.2 Å². The van der Waals surface area contributed by atoms with Crippen molar-refractivity contribution < 1.29 is 9.59 Å². The molecule has 1 aliphatic heterocycles. The van der Waals surface area contributed by atoms with E-state index in [4.69, 9.17) is 0 Å². The van der Waals surface area contributed by atoms with Crippen LogP contribution in [0.5, 0.6) is 0 Å². The van der Waals surface area contributed by atoms with Crippen LogP contribution in [0.4, 0.5) is 5.82 Å². The Morgan fingerprint density at radius 1 is 1.27 bits per heavy atom. The normalized spacial score (nSPS) is 19.6. The molecule has 2 amide bonds. The number of carbonyl (C=O) groups excluding carboxylic acids is 2. The van der Waals surface area contributed by atoms with Crippen LogP contribution in [0, 0.1) is 5.92 Å². The number of carbonyl (C=O) groups is 2. The fraction of sp³-hybridized carbons (Fsp3) is 0.450. The lowest BCUT2D eigenvalue weighted by Crippen LogP contribution is -2.48. The Labute approximate surface area is 153 Å². The molecule has 6 heteroatoms. The topological polar surface area (TPSA) is 67.2 Å². The molecule has 2 aliphatic rings. The van der Waals surface area contributed by atoms with E-state index in [1.165, 1.54) is 0 Å². The van der Waals surface area contributed by atoms with Crippen molar-refractivity contribution in [1.29, 1.82) is 0 Å². The van der Waals surface area contributed by atoms with Gasteiger partial charge in [0.1, 0.15) is 5.92 Å². The molecule has 2 heterocycles. The number of imidazole rings is 1. The smallest absolute Gasteiger partial charge is 0.241 e. The van der Waals surface area contributed by atoms with Gasteiger partial charge in [0, 0.05) is 18.5 Å². The molecule has 1 N–H and O–H groups in total. The number of hydrogen-bond acceptors (Lipinski definition) is 3. The zero-order valence-electron chi connectivity index (χ0n) is 15.2. The molecule has 1 aromatic heterocycles. The Morgan fingerprint density at radius 2 is 2.00 bits per heavy atom. The summed E-state index contributed by atoms with van der Waals surface area (Å²) in [6.45, 7) is 4.59. The van der Waals surface area contributed by atoms with Gasteiger partial charge in [0.05, 0.1) is 18.6 Å². The van der Waals surface area contributed by atoms with Gasteiger partial charge in [-0.2, -0.15) is 0 Å². The van der Waals surface area contributed by atoms with E-state index in [0.717, 1.165) is 24.1 Å². The van der Waals surface area contributed by atoms with Crippen molar-refractivity contribution in [2.24, 2.45) is 5.92 Å². The van der Waals surface area contributed by atoms with Gasteiger partial charge in [-0.05, 0) is 32.3 Å². The molecule has 2 aromatic rings. The van der Waals surface area contributed by atoms with Gasteiger partial charge < -0.3 is 9.88 Å². The van der Waals surface area contributed by atoms with Crippen LogP contribution in [0.25, 0.3) is 0 Å². The number of benzene rings is 1. The first-order chi connectivity index (χ1) is 12.5. The monoisotopic (exact) mass is 352 g/mol. The average molecular weight is 352 g/mol. The van der Waals surface area contributed by atoms with Gasteiger partial charge in [-0.15, -0.1) is 0 Å². The van der Waals surface area contributed by atoms with Crippen molar-refractivity contribution in [2.75, 3.05) is 4.90 Å². The third-order valence-electron chi connectivity index (χ3n) is 5.07. The van der Waals surface area contributed by atoms with Crippen LogP contribution >= 0.6 is 0 Å². The molecule has 1 fully saturated rings. The summed E-state index contributed by atoms with van der Waals surface area (Å²) >= 11 is 0. The van der Waals surface area contributed by atoms with Crippen LogP contribution in [0.1, 0.15) is 44.0 Å². The molecule has 1 saturated carbocycles. The van der Waals surface area contributed by atoms with Crippen molar-refractivity contribution in [3.05, 3.63) is 47.9 Å². The minimum atomic E-state index is -0.680. The van der Waals surface area contributed by atoms with Crippen molar-refractivity contribution in [3.63, 3.8) is 0 Å². The zero-order valence-corrected chi connectivity index (χ0v) is 15.2. The number of anilines is 1. The Balaban J connectivity index is 1.68. The van der Waals surface area contributed by atoms with Gasteiger partial charge in [0.2, 0.25) is 11.8 Å². The van der Waals surface area contributed by atoms with Gasteiger partial charge in [-0.1, -0.05) is 30.3 Å². The number of aromatic nitrogens is 2. The van der Waals surface area contributed by atoms with E-state index in [9.17, 15) is 9.59 Å². The first-order valence-electron chi connectivity index (χ1n) is 9.26. The summed E-state index contributed by atoms with van der Waals surface area (Å²) in [5.41, 5.74) is 1.99. The lowest BCUT2D eigenvalue weighted by molar-refractivity contribution is -0.134. The third-order valence-corrected chi connectivity index (χ3v) is 5.07. The van der Waals surface area contributed by atoms with E-state index in [1.807, 2.05) is 30.3 Å². The highest BCUT2D eigenvalue weighted by Gasteiger charge is 2.41. The lowest BCUT2D eigenvalue weighted by atomic mass is 9.95. The van der Waals surface area contributed by atoms with E-state index in [0.29, 0.717) is 18.8 Å². The third kappa shape index (κ3) is 3.11. The Bertz CT molecular complexity index is 824. The molecule has 1 aliphatic carbocycles. The highest BCUT2D eigenvalue weighted by atomic mass is 16.2. The molecule has 1 atom stereocenters. The van der Waals surface area contributed by atoms with E-state index >= 15 is 0 Å². The van der Waals surface area contributed by atoms with Gasteiger partial charge >= 0.3 is 0 Å². The zero-order chi connectivity index (χ0) is 18.3. The molecule has 1 unspecified atom stereocenters. The highest BCUT2D eigenvalue weighted by molar-refractivity contribution is 6.09. The molecule has 0 bridgehead atoms. The maximum absolute atomic E-state index is 13.1. The van der Waals surface area contributed by atoms with Crippen LogP contribution < -0.4 is 10.2 Å². The summed E-state index contributed by atoms with van der Waals surface area (Å²) in [5, 5.41) is 2.99. The molecular weight excluding hydrogens is 328 g/mol. The summed E-state index contributed by atoms with van der Waals surface area (Å²) in [6.07, 6.45) is 4.21. The summed E-state index contributed by atoms with van der Waals surface area (Å²) in [5.74, 6) is -0.310. The number of rotatable bonds is 5. The number of nitrogens with zero attached hydrogens (tertiary/aromatic N) is 3. The predicted octanol–water partition coefficient (Wildman–Crippen LogP) is 2.45. The summed E-state index contributed by atoms with van der Waals surface area (Å²) in [7, 11) is 0. The highest BCUT2D eigenvalue weighted by Crippen LogP contribution is 2.33. The molecule has 136 valence electrons. The second-order valence-corrected chi connectivity index (χ2v) is 7.47.